The van der Waals surface area contributed by atoms with Gasteiger partial charge in [-0.15, -0.1) is 0 Å². The zero-order chi connectivity index (χ0) is 18.0. The van der Waals surface area contributed by atoms with Gasteiger partial charge in [-0.1, -0.05) is 0 Å². The summed E-state index contributed by atoms with van der Waals surface area (Å²) in [6, 6.07) is 21.6. The van der Waals surface area contributed by atoms with Crippen molar-refractivity contribution >= 4 is 17.7 Å². The van der Waals surface area contributed by atoms with Gasteiger partial charge in [0, 0.05) is 0 Å². The Morgan fingerprint density at radius 1 is 0.760 bits per heavy atom. The zero-order valence-corrected chi connectivity index (χ0v) is 18.0. The molecule has 0 aliphatic rings. The van der Waals surface area contributed by atoms with E-state index in [2.05, 4.69) is 98.0 Å². The number of benzene rings is 2. The molecule has 0 radical (unpaired) electrons. The monoisotopic (exact) mass is 391 g/mol. The van der Waals surface area contributed by atoms with E-state index in [0.29, 0.717) is 5.92 Å². The Bertz CT molecular complexity index is 861. The fraction of sp³-hybridized carbons (Fsp3) is 0.261. The van der Waals surface area contributed by atoms with E-state index in [1.54, 1.807) is 0 Å². The average Bonchev–Trinajstić information content (AvgIpc) is 2.61. The Morgan fingerprint density at radius 2 is 1.40 bits per heavy atom. The number of pyridine rings is 1. The zero-order valence-electron chi connectivity index (χ0n) is 15.9. The second kappa shape index (κ2) is 7.17. The van der Waals surface area contributed by atoms with Crippen LogP contribution in [0.4, 0.5) is 0 Å². The van der Waals surface area contributed by atoms with Crippen LogP contribution < -0.4 is 4.40 Å². The number of aromatic nitrogens is 1. The van der Waals surface area contributed by atoms with E-state index >= 15 is 0 Å². The van der Waals surface area contributed by atoms with Crippen molar-refractivity contribution in [3.8, 4) is 22.4 Å². The molecule has 0 saturated carbocycles. The first-order chi connectivity index (χ1) is 11.9. The molecule has 0 N–H and O–H groups in total. The molecule has 0 atom stereocenters. The summed E-state index contributed by atoms with van der Waals surface area (Å²) >= 11 is -1.92. The SMILES string of the molecule is CC(C)c1cc(-c2cccc(-c3ccccc3)c2)nc[c]1[Ge]([CH3])([CH3])[CH3]. The predicted octanol–water partition coefficient (Wildman–Crippen LogP) is 6.08. The number of rotatable bonds is 4. The van der Waals surface area contributed by atoms with E-state index in [1.807, 2.05) is 0 Å². The van der Waals surface area contributed by atoms with Crippen molar-refractivity contribution in [2.75, 3.05) is 0 Å². The summed E-state index contributed by atoms with van der Waals surface area (Å²) in [6.07, 6.45) is 2.15. The van der Waals surface area contributed by atoms with Crippen LogP contribution in [0.1, 0.15) is 25.3 Å². The van der Waals surface area contributed by atoms with Gasteiger partial charge in [0.05, 0.1) is 0 Å². The third kappa shape index (κ3) is 4.04. The molecule has 1 heterocycles. The van der Waals surface area contributed by atoms with Gasteiger partial charge < -0.3 is 0 Å². The molecule has 0 spiro atoms. The average molecular weight is 390 g/mol. The van der Waals surface area contributed by atoms with Crippen molar-refractivity contribution in [2.45, 2.75) is 37.0 Å². The molecule has 1 nitrogen and oxygen atoms in total. The molecular formula is C23H27GeN. The van der Waals surface area contributed by atoms with Crippen LogP contribution in [0.3, 0.4) is 0 Å². The molecule has 0 saturated heterocycles. The van der Waals surface area contributed by atoms with E-state index in [-0.39, 0.29) is 0 Å². The summed E-state index contributed by atoms with van der Waals surface area (Å²) in [6.45, 7) is 4.58. The predicted molar refractivity (Wildman–Crippen MR) is 112 cm³/mol. The van der Waals surface area contributed by atoms with Gasteiger partial charge in [-0.25, -0.2) is 0 Å². The molecule has 3 rings (SSSR count). The standard InChI is InChI=1S/C23H27GeN/c1-17(2)21-15-23(25-16-22(21)24(3,4)5)20-13-9-12-19(14-20)18-10-7-6-8-11-18/h6-17H,1-5H3. The van der Waals surface area contributed by atoms with Crippen molar-refractivity contribution < 1.29 is 0 Å². The topological polar surface area (TPSA) is 12.9 Å². The molecule has 3 aromatic rings. The summed E-state index contributed by atoms with van der Waals surface area (Å²) in [5.41, 5.74) is 6.23. The van der Waals surface area contributed by atoms with Crippen LogP contribution in [-0.2, 0) is 0 Å². The molecule has 0 aliphatic heterocycles. The van der Waals surface area contributed by atoms with E-state index in [1.165, 1.54) is 26.6 Å². The fourth-order valence-electron chi connectivity index (χ4n) is 3.22. The van der Waals surface area contributed by atoms with Crippen LogP contribution in [0.15, 0.2) is 66.9 Å². The van der Waals surface area contributed by atoms with E-state index in [9.17, 15) is 0 Å². The summed E-state index contributed by atoms with van der Waals surface area (Å²) in [5, 5.41) is 0. The minimum atomic E-state index is -1.92. The Morgan fingerprint density at radius 3 is 2.04 bits per heavy atom. The quantitative estimate of drug-likeness (QED) is 0.492. The summed E-state index contributed by atoms with van der Waals surface area (Å²) in [4.78, 5) is 4.84. The van der Waals surface area contributed by atoms with Crippen LogP contribution in [0, 0.1) is 0 Å². The van der Waals surface area contributed by atoms with E-state index in [0.717, 1.165) is 5.69 Å². The second-order valence-corrected chi connectivity index (χ2v) is 18.6. The van der Waals surface area contributed by atoms with Crippen molar-refractivity contribution in [3.05, 3.63) is 72.4 Å². The Kier molecular flexibility index (Phi) is 5.14. The van der Waals surface area contributed by atoms with Crippen LogP contribution in [-0.4, -0.2) is 18.3 Å². The molecule has 0 aliphatic carbocycles. The third-order valence-corrected chi connectivity index (χ3v) is 8.90. The number of nitrogens with zero attached hydrogens (tertiary/aromatic N) is 1. The van der Waals surface area contributed by atoms with Crippen molar-refractivity contribution in [1.82, 2.24) is 4.98 Å². The molecule has 2 heteroatoms. The van der Waals surface area contributed by atoms with Gasteiger partial charge in [0.2, 0.25) is 0 Å². The van der Waals surface area contributed by atoms with Gasteiger partial charge in [0.15, 0.2) is 0 Å². The molecule has 1 aromatic heterocycles. The van der Waals surface area contributed by atoms with Gasteiger partial charge in [-0.3, -0.25) is 0 Å². The molecule has 25 heavy (non-hydrogen) atoms. The van der Waals surface area contributed by atoms with Crippen molar-refractivity contribution in [3.63, 3.8) is 0 Å². The first-order valence-corrected chi connectivity index (χ1v) is 16.4. The maximum atomic E-state index is 4.84. The Labute approximate surface area is 154 Å². The molecule has 0 bridgehead atoms. The summed E-state index contributed by atoms with van der Waals surface area (Å²) < 4.78 is 1.53. The maximum absolute atomic E-state index is 4.84. The fourth-order valence-corrected chi connectivity index (χ4v) is 6.74. The number of hydrogen-bond donors (Lipinski definition) is 0. The van der Waals surface area contributed by atoms with Crippen LogP contribution >= 0.6 is 0 Å². The third-order valence-electron chi connectivity index (χ3n) is 4.63. The van der Waals surface area contributed by atoms with Gasteiger partial charge in [-0.05, 0) is 0 Å². The van der Waals surface area contributed by atoms with Crippen LogP contribution in [0.25, 0.3) is 22.4 Å². The molecule has 0 fully saturated rings. The first kappa shape index (κ1) is 17.9. The van der Waals surface area contributed by atoms with Gasteiger partial charge in [0.1, 0.15) is 0 Å². The molecule has 0 amide bonds. The Hall–Kier alpha value is -1.87. The normalized spacial score (nSPS) is 11.8. The van der Waals surface area contributed by atoms with Crippen molar-refractivity contribution in [2.24, 2.45) is 0 Å². The van der Waals surface area contributed by atoms with Gasteiger partial charge in [0.25, 0.3) is 0 Å². The molecule has 2 aromatic carbocycles. The van der Waals surface area contributed by atoms with Gasteiger partial charge in [-0.2, -0.15) is 0 Å². The van der Waals surface area contributed by atoms with Crippen LogP contribution in [0.2, 0.25) is 17.3 Å². The van der Waals surface area contributed by atoms with Gasteiger partial charge >= 0.3 is 154 Å². The second-order valence-electron chi connectivity index (χ2n) is 8.01. The van der Waals surface area contributed by atoms with E-state index in [4.69, 9.17) is 4.98 Å². The summed E-state index contributed by atoms with van der Waals surface area (Å²) in [7, 11) is 0. The summed E-state index contributed by atoms with van der Waals surface area (Å²) in [5.74, 6) is 7.86. The van der Waals surface area contributed by atoms with Crippen LogP contribution in [0.5, 0.6) is 0 Å². The Balaban J connectivity index is 2.07. The van der Waals surface area contributed by atoms with E-state index < -0.39 is 13.3 Å². The first-order valence-electron chi connectivity index (χ1n) is 9.02. The molecule has 0 unspecified atom stereocenters. The molecular weight excluding hydrogens is 363 g/mol. The minimum absolute atomic E-state index is 0.527. The van der Waals surface area contributed by atoms with Crippen molar-refractivity contribution in [1.29, 1.82) is 0 Å². The molecule has 128 valence electrons. The number of hydrogen-bond acceptors (Lipinski definition) is 1.